The summed E-state index contributed by atoms with van der Waals surface area (Å²) in [5.74, 6) is 1.37. The topological polar surface area (TPSA) is 84.7 Å². The highest BCUT2D eigenvalue weighted by Crippen LogP contribution is 2.38. The summed E-state index contributed by atoms with van der Waals surface area (Å²) < 4.78 is 11.1. The van der Waals surface area contributed by atoms with Crippen LogP contribution in [0, 0.1) is 0 Å². The molecule has 0 atom stereocenters. The molecule has 2 aromatic carbocycles. The van der Waals surface area contributed by atoms with E-state index in [9.17, 15) is 0 Å². The average Bonchev–Trinajstić information content (AvgIpc) is 2.82. The first-order chi connectivity index (χ1) is 15.6. The first-order valence-corrected chi connectivity index (χ1v) is 11.3. The Morgan fingerprint density at radius 3 is 2.34 bits per heavy atom. The SMILES string of the molecule is COc1cc2nc(-c3ccc(N4CCNCC4)cc3)cc(N[C@H]3C[C@@H](N)C3)c2cc1OC. The van der Waals surface area contributed by atoms with E-state index in [4.69, 9.17) is 20.2 Å². The molecule has 4 N–H and O–H groups in total. The Kier molecular flexibility index (Phi) is 5.76. The highest BCUT2D eigenvalue weighted by molar-refractivity contribution is 5.96. The summed E-state index contributed by atoms with van der Waals surface area (Å²) in [5.41, 5.74) is 11.2. The molecule has 32 heavy (non-hydrogen) atoms. The van der Waals surface area contributed by atoms with Gasteiger partial charge in [-0.3, -0.25) is 0 Å². The van der Waals surface area contributed by atoms with Crippen LogP contribution >= 0.6 is 0 Å². The molecule has 1 saturated carbocycles. The lowest BCUT2D eigenvalue weighted by molar-refractivity contribution is 0.355. The number of nitrogens with one attached hydrogen (secondary N) is 2. The summed E-state index contributed by atoms with van der Waals surface area (Å²) >= 11 is 0. The lowest BCUT2D eigenvalue weighted by Gasteiger charge is -2.34. The van der Waals surface area contributed by atoms with Crippen molar-refractivity contribution in [1.82, 2.24) is 10.3 Å². The lowest BCUT2D eigenvalue weighted by atomic mass is 9.87. The molecule has 1 aliphatic carbocycles. The van der Waals surface area contributed by atoms with Gasteiger partial charge < -0.3 is 30.7 Å². The Bertz CT molecular complexity index is 1090. The Morgan fingerprint density at radius 1 is 1.00 bits per heavy atom. The zero-order valence-corrected chi connectivity index (χ0v) is 18.7. The first kappa shape index (κ1) is 20.8. The quantitative estimate of drug-likeness (QED) is 0.550. The van der Waals surface area contributed by atoms with E-state index >= 15 is 0 Å². The molecule has 5 rings (SSSR count). The molecular formula is C25H31N5O2. The highest BCUT2D eigenvalue weighted by Gasteiger charge is 2.26. The minimum Gasteiger partial charge on any atom is -0.493 e. The number of hydrogen-bond acceptors (Lipinski definition) is 7. The predicted molar refractivity (Wildman–Crippen MR) is 130 cm³/mol. The summed E-state index contributed by atoms with van der Waals surface area (Å²) in [7, 11) is 3.31. The fourth-order valence-corrected chi connectivity index (χ4v) is 4.59. The van der Waals surface area contributed by atoms with E-state index in [1.54, 1.807) is 14.2 Å². The number of fused-ring (bicyclic) bond motifs is 1. The summed E-state index contributed by atoms with van der Waals surface area (Å²) in [6, 6.07) is 15.5. The van der Waals surface area contributed by atoms with Crippen molar-refractivity contribution in [2.45, 2.75) is 24.9 Å². The molecule has 1 aromatic heterocycles. The van der Waals surface area contributed by atoms with Gasteiger partial charge >= 0.3 is 0 Å². The van der Waals surface area contributed by atoms with Crippen molar-refractivity contribution in [2.75, 3.05) is 50.6 Å². The summed E-state index contributed by atoms with van der Waals surface area (Å²) in [5, 5.41) is 8.10. The van der Waals surface area contributed by atoms with E-state index in [0.717, 1.165) is 66.9 Å². The fourth-order valence-electron chi connectivity index (χ4n) is 4.59. The maximum atomic E-state index is 6.02. The van der Waals surface area contributed by atoms with Crippen LogP contribution in [0.25, 0.3) is 22.2 Å². The van der Waals surface area contributed by atoms with Crippen molar-refractivity contribution >= 4 is 22.3 Å². The molecule has 2 aliphatic rings. The van der Waals surface area contributed by atoms with Crippen LogP contribution in [-0.4, -0.2) is 57.5 Å². The second kappa shape index (κ2) is 8.84. The van der Waals surface area contributed by atoms with E-state index in [0.29, 0.717) is 17.5 Å². The minimum absolute atomic E-state index is 0.284. The van der Waals surface area contributed by atoms with Gasteiger partial charge in [0.25, 0.3) is 0 Å². The number of aromatic nitrogens is 1. The van der Waals surface area contributed by atoms with E-state index in [1.807, 2.05) is 12.1 Å². The van der Waals surface area contributed by atoms with Gasteiger partial charge in [-0.2, -0.15) is 0 Å². The molecule has 7 heteroatoms. The van der Waals surface area contributed by atoms with Crippen molar-refractivity contribution in [3.05, 3.63) is 42.5 Å². The Labute approximate surface area is 188 Å². The zero-order chi connectivity index (χ0) is 22.1. The van der Waals surface area contributed by atoms with Crippen molar-refractivity contribution < 1.29 is 9.47 Å². The van der Waals surface area contributed by atoms with Gasteiger partial charge in [-0.05, 0) is 37.1 Å². The number of rotatable bonds is 6. The summed E-state index contributed by atoms with van der Waals surface area (Å²) in [4.78, 5) is 7.39. The van der Waals surface area contributed by atoms with Gasteiger partial charge in [0.1, 0.15) is 0 Å². The van der Waals surface area contributed by atoms with Crippen LogP contribution in [0.2, 0.25) is 0 Å². The van der Waals surface area contributed by atoms with Gasteiger partial charge in [-0.25, -0.2) is 4.98 Å². The number of ether oxygens (including phenoxy) is 2. The third kappa shape index (κ3) is 4.06. The maximum Gasteiger partial charge on any atom is 0.162 e. The van der Waals surface area contributed by atoms with Gasteiger partial charge in [0.2, 0.25) is 0 Å². The molecule has 3 aromatic rings. The van der Waals surface area contributed by atoms with Gasteiger partial charge in [0, 0.05) is 66.7 Å². The van der Waals surface area contributed by atoms with Crippen molar-refractivity contribution in [2.24, 2.45) is 5.73 Å². The Hall–Kier alpha value is -3.03. The highest BCUT2D eigenvalue weighted by atomic mass is 16.5. The fraction of sp³-hybridized carbons (Fsp3) is 0.400. The molecule has 1 aliphatic heterocycles. The first-order valence-electron chi connectivity index (χ1n) is 11.3. The predicted octanol–water partition coefficient (Wildman–Crippen LogP) is 3.23. The van der Waals surface area contributed by atoms with Crippen molar-refractivity contribution in [3.63, 3.8) is 0 Å². The van der Waals surface area contributed by atoms with Crippen LogP contribution in [0.4, 0.5) is 11.4 Å². The standard InChI is InChI=1S/C25H31N5O2/c1-31-24-13-20-22(28-18-11-17(26)12-18)14-21(29-23(20)15-25(24)32-2)16-3-5-19(6-4-16)30-9-7-27-8-10-30/h3-6,13-15,17-18,27H,7-12,26H2,1-2H3,(H,28,29)/t17-,18+. The van der Waals surface area contributed by atoms with Crippen LogP contribution in [0.15, 0.2) is 42.5 Å². The third-order valence-corrected chi connectivity index (χ3v) is 6.49. The molecule has 0 unspecified atom stereocenters. The number of pyridine rings is 1. The van der Waals surface area contributed by atoms with Crippen LogP contribution < -0.4 is 30.7 Å². The zero-order valence-electron chi connectivity index (χ0n) is 18.7. The molecule has 1 saturated heterocycles. The van der Waals surface area contributed by atoms with Crippen LogP contribution in [-0.2, 0) is 0 Å². The second-order valence-electron chi connectivity index (χ2n) is 8.64. The number of hydrogen-bond donors (Lipinski definition) is 3. The molecule has 0 amide bonds. The van der Waals surface area contributed by atoms with E-state index in [-0.39, 0.29) is 6.04 Å². The maximum absolute atomic E-state index is 6.02. The van der Waals surface area contributed by atoms with Crippen LogP contribution in [0.1, 0.15) is 12.8 Å². The number of nitrogens with zero attached hydrogens (tertiary/aromatic N) is 2. The smallest absolute Gasteiger partial charge is 0.162 e. The van der Waals surface area contributed by atoms with E-state index in [1.165, 1.54) is 5.69 Å². The molecule has 7 nitrogen and oxygen atoms in total. The molecular weight excluding hydrogens is 402 g/mol. The molecule has 0 radical (unpaired) electrons. The Morgan fingerprint density at radius 2 is 1.69 bits per heavy atom. The molecule has 0 bridgehead atoms. The van der Waals surface area contributed by atoms with Gasteiger partial charge in [-0.15, -0.1) is 0 Å². The Balaban J connectivity index is 1.53. The van der Waals surface area contributed by atoms with Crippen LogP contribution in [0.3, 0.4) is 0 Å². The van der Waals surface area contributed by atoms with Crippen molar-refractivity contribution in [1.29, 1.82) is 0 Å². The average molecular weight is 434 g/mol. The van der Waals surface area contributed by atoms with E-state index < -0.39 is 0 Å². The normalized spacial score (nSPS) is 20.7. The lowest BCUT2D eigenvalue weighted by Crippen LogP contribution is -2.44. The van der Waals surface area contributed by atoms with E-state index in [2.05, 4.69) is 45.9 Å². The third-order valence-electron chi connectivity index (χ3n) is 6.49. The van der Waals surface area contributed by atoms with Gasteiger partial charge in [0.05, 0.1) is 25.4 Å². The monoisotopic (exact) mass is 433 g/mol. The molecule has 2 fully saturated rings. The molecule has 0 spiro atoms. The van der Waals surface area contributed by atoms with Crippen molar-refractivity contribution in [3.8, 4) is 22.8 Å². The molecule has 168 valence electrons. The summed E-state index contributed by atoms with van der Waals surface area (Å²) in [6.07, 6.45) is 1.96. The summed E-state index contributed by atoms with van der Waals surface area (Å²) in [6.45, 7) is 4.12. The number of benzene rings is 2. The number of methoxy groups -OCH3 is 2. The number of piperazine rings is 1. The minimum atomic E-state index is 0.284. The largest absolute Gasteiger partial charge is 0.493 e. The number of anilines is 2. The second-order valence-corrected chi connectivity index (χ2v) is 8.64. The van der Waals surface area contributed by atoms with Gasteiger partial charge in [-0.1, -0.05) is 12.1 Å². The van der Waals surface area contributed by atoms with Gasteiger partial charge in [0.15, 0.2) is 11.5 Å². The molecule has 2 heterocycles. The number of nitrogens with two attached hydrogens (primary N) is 1. The van der Waals surface area contributed by atoms with Crippen LogP contribution in [0.5, 0.6) is 11.5 Å².